The lowest BCUT2D eigenvalue weighted by atomic mass is 9.85. The number of rotatable bonds is 2. The van der Waals surface area contributed by atoms with E-state index in [-0.39, 0.29) is 11.2 Å². The Morgan fingerprint density at radius 1 is 0.773 bits per heavy atom. The van der Waals surface area contributed by atoms with Crippen molar-refractivity contribution in [1.82, 2.24) is 0 Å². The molecule has 1 heterocycles. The molecule has 2 fully saturated rings. The molecule has 0 saturated heterocycles. The molecule has 2 saturated carbocycles. The zero-order valence-electron chi connectivity index (χ0n) is 13.4. The molecular formula is C20H26OS. The Morgan fingerprint density at radius 3 is 2.09 bits per heavy atom. The minimum Gasteiger partial charge on any atom is -0.359 e. The smallest absolute Gasteiger partial charge is 0.100 e. The van der Waals surface area contributed by atoms with Gasteiger partial charge in [0.1, 0.15) is 5.60 Å². The number of hydrogen-bond donors (Lipinski definition) is 0. The molecule has 0 N–H and O–H groups in total. The average molecular weight is 314 g/mol. The van der Waals surface area contributed by atoms with Crippen molar-refractivity contribution in [2.24, 2.45) is 0 Å². The van der Waals surface area contributed by atoms with Gasteiger partial charge in [0.05, 0.1) is 5.60 Å². The topological polar surface area (TPSA) is 9.23 Å². The van der Waals surface area contributed by atoms with Gasteiger partial charge in [-0.05, 0) is 43.9 Å². The van der Waals surface area contributed by atoms with Crippen molar-refractivity contribution in [2.45, 2.75) is 80.3 Å². The van der Waals surface area contributed by atoms with Crippen molar-refractivity contribution in [3.63, 3.8) is 0 Å². The van der Waals surface area contributed by atoms with E-state index in [9.17, 15) is 0 Å². The fourth-order valence-corrected chi connectivity index (χ4v) is 5.70. The van der Waals surface area contributed by atoms with Crippen LogP contribution in [0, 0.1) is 0 Å². The molecule has 118 valence electrons. The van der Waals surface area contributed by atoms with E-state index >= 15 is 0 Å². The molecule has 0 atom stereocenters. The maximum atomic E-state index is 6.89. The second-order valence-electron chi connectivity index (χ2n) is 7.21. The van der Waals surface area contributed by atoms with Crippen LogP contribution in [-0.2, 0) is 4.74 Å². The van der Waals surface area contributed by atoms with Crippen LogP contribution in [0.4, 0.5) is 0 Å². The summed E-state index contributed by atoms with van der Waals surface area (Å²) in [6, 6.07) is 10.8. The lowest BCUT2D eigenvalue weighted by Crippen LogP contribution is -2.40. The zero-order valence-corrected chi connectivity index (χ0v) is 14.2. The number of hydrogen-bond acceptors (Lipinski definition) is 2. The molecule has 3 aliphatic rings. The van der Waals surface area contributed by atoms with Crippen molar-refractivity contribution in [2.75, 3.05) is 0 Å². The van der Waals surface area contributed by atoms with Crippen LogP contribution in [-0.4, -0.2) is 11.2 Å². The van der Waals surface area contributed by atoms with Crippen molar-refractivity contribution < 1.29 is 4.74 Å². The van der Waals surface area contributed by atoms with Gasteiger partial charge in [0.2, 0.25) is 0 Å². The Kier molecular flexibility index (Phi) is 4.08. The molecule has 1 aromatic rings. The molecule has 0 aromatic heterocycles. The first-order valence-electron chi connectivity index (χ1n) is 8.97. The molecule has 1 aromatic carbocycles. The maximum Gasteiger partial charge on any atom is 0.100 e. The van der Waals surface area contributed by atoms with Crippen LogP contribution in [0.3, 0.4) is 0 Å². The monoisotopic (exact) mass is 314 g/mol. The molecular weight excluding hydrogens is 288 g/mol. The van der Waals surface area contributed by atoms with Gasteiger partial charge in [-0.2, -0.15) is 0 Å². The SMILES string of the molecule is C1=C(Sc2ccccc2)C2(CCCCC2)OC12CCCCC2. The molecule has 0 amide bonds. The van der Waals surface area contributed by atoms with Crippen LogP contribution in [0.25, 0.3) is 0 Å². The summed E-state index contributed by atoms with van der Waals surface area (Å²) < 4.78 is 6.89. The van der Waals surface area contributed by atoms with Gasteiger partial charge >= 0.3 is 0 Å². The fraction of sp³-hybridized carbons (Fsp3) is 0.600. The van der Waals surface area contributed by atoms with Gasteiger partial charge in [0.15, 0.2) is 0 Å². The van der Waals surface area contributed by atoms with E-state index in [1.165, 1.54) is 74.0 Å². The number of benzene rings is 1. The minimum absolute atomic E-state index is 0.0378. The average Bonchev–Trinajstić information content (AvgIpc) is 2.82. The molecule has 0 bridgehead atoms. The van der Waals surface area contributed by atoms with Crippen LogP contribution < -0.4 is 0 Å². The molecule has 1 nitrogen and oxygen atoms in total. The van der Waals surface area contributed by atoms with Gasteiger partial charge in [-0.15, -0.1) is 0 Å². The molecule has 22 heavy (non-hydrogen) atoms. The third kappa shape index (κ3) is 2.76. The molecule has 2 heteroatoms. The van der Waals surface area contributed by atoms with Crippen molar-refractivity contribution in [3.8, 4) is 0 Å². The first kappa shape index (κ1) is 14.8. The predicted molar refractivity (Wildman–Crippen MR) is 93.1 cm³/mol. The van der Waals surface area contributed by atoms with Crippen molar-refractivity contribution >= 4 is 11.8 Å². The Bertz CT molecular complexity index is 536. The maximum absolute atomic E-state index is 6.89. The van der Waals surface area contributed by atoms with E-state index < -0.39 is 0 Å². The predicted octanol–water partition coefficient (Wildman–Crippen LogP) is 6.10. The summed E-state index contributed by atoms with van der Waals surface area (Å²) in [6.45, 7) is 0. The largest absolute Gasteiger partial charge is 0.359 e. The van der Waals surface area contributed by atoms with Crippen LogP contribution in [0.5, 0.6) is 0 Å². The summed E-state index contributed by atoms with van der Waals surface area (Å²) in [7, 11) is 0. The van der Waals surface area contributed by atoms with Crippen LogP contribution in [0.2, 0.25) is 0 Å². The molecule has 2 aliphatic carbocycles. The first-order chi connectivity index (χ1) is 10.8. The second-order valence-corrected chi connectivity index (χ2v) is 8.32. The molecule has 0 unspecified atom stereocenters. The highest BCUT2D eigenvalue weighted by molar-refractivity contribution is 8.03. The lowest BCUT2D eigenvalue weighted by Gasteiger charge is -2.41. The van der Waals surface area contributed by atoms with Gasteiger partial charge in [-0.3, -0.25) is 0 Å². The third-order valence-corrected chi connectivity index (χ3v) is 6.79. The zero-order chi connectivity index (χ0) is 14.9. The van der Waals surface area contributed by atoms with Gasteiger partial charge in [0, 0.05) is 9.80 Å². The van der Waals surface area contributed by atoms with E-state index in [0.29, 0.717) is 0 Å². The van der Waals surface area contributed by atoms with Gasteiger partial charge < -0.3 is 4.74 Å². The lowest BCUT2D eigenvalue weighted by molar-refractivity contribution is -0.119. The van der Waals surface area contributed by atoms with Crippen LogP contribution in [0.15, 0.2) is 46.2 Å². The molecule has 0 radical (unpaired) electrons. The number of ether oxygens (including phenoxy) is 1. The van der Waals surface area contributed by atoms with E-state index in [4.69, 9.17) is 4.74 Å². The highest BCUT2D eigenvalue weighted by Crippen LogP contribution is 2.55. The van der Waals surface area contributed by atoms with Crippen molar-refractivity contribution in [3.05, 3.63) is 41.3 Å². The molecule has 2 spiro atoms. The normalized spacial score (nSPS) is 26.3. The summed E-state index contributed by atoms with van der Waals surface area (Å²) in [5.41, 5.74) is 0.100. The molecule has 4 rings (SSSR count). The Morgan fingerprint density at radius 2 is 1.41 bits per heavy atom. The minimum atomic E-state index is 0.0378. The first-order valence-corrected chi connectivity index (χ1v) is 9.79. The fourth-order valence-electron chi connectivity index (χ4n) is 4.45. The summed E-state index contributed by atoms with van der Waals surface area (Å²) >= 11 is 1.96. The summed E-state index contributed by atoms with van der Waals surface area (Å²) in [5, 5.41) is 0. The summed E-state index contributed by atoms with van der Waals surface area (Å²) in [5.74, 6) is 0. The highest BCUT2D eigenvalue weighted by atomic mass is 32.2. The Balaban J connectivity index is 1.64. The van der Waals surface area contributed by atoms with E-state index in [2.05, 4.69) is 36.4 Å². The van der Waals surface area contributed by atoms with E-state index in [1.54, 1.807) is 0 Å². The standard InChI is InChI=1S/C20H26OS/c1-4-10-17(11-5-1)22-18-16-19(12-6-2-7-13-19)21-20(18)14-8-3-9-15-20/h1,4-5,10-11,16H,2-3,6-9,12-15H2. The van der Waals surface area contributed by atoms with Crippen LogP contribution >= 0.6 is 11.8 Å². The highest BCUT2D eigenvalue weighted by Gasteiger charge is 2.50. The van der Waals surface area contributed by atoms with Crippen LogP contribution in [0.1, 0.15) is 64.2 Å². The Hall–Kier alpha value is -0.730. The summed E-state index contributed by atoms with van der Waals surface area (Å²) in [4.78, 5) is 2.87. The molecule has 1 aliphatic heterocycles. The quantitative estimate of drug-likeness (QED) is 0.652. The van der Waals surface area contributed by atoms with Gasteiger partial charge in [0.25, 0.3) is 0 Å². The van der Waals surface area contributed by atoms with E-state index in [0.717, 1.165) is 0 Å². The second kappa shape index (κ2) is 6.05. The third-order valence-electron chi connectivity index (χ3n) is 5.57. The van der Waals surface area contributed by atoms with E-state index in [1.807, 2.05) is 11.8 Å². The number of thioether (sulfide) groups is 1. The van der Waals surface area contributed by atoms with Gasteiger partial charge in [-0.1, -0.05) is 68.5 Å². The van der Waals surface area contributed by atoms with Crippen molar-refractivity contribution in [1.29, 1.82) is 0 Å². The Labute approximate surface area is 138 Å². The summed E-state index contributed by atoms with van der Waals surface area (Å²) in [6.07, 6.45) is 15.5. The van der Waals surface area contributed by atoms with Gasteiger partial charge in [-0.25, -0.2) is 0 Å².